The smallest absolute Gasteiger partial charge is 0.227 e. The lowest BCUT2D eigenvalue weighted by Crippen LogP contribution is -2.18. The van der Waals surface area contributed by atoms with Crippen LogP contribution in [0.2, 0.25) is 0 Å². The normalized spacial score (nSPS) is 11.5. The Morgan fingerprint density at radius 3 is 2.45 bits per heavy atom. The first kappa shape index (κ1) is 14.3. The molecule has 0 aromatic carbocycles. The maximum Gasteiger partial charge on any atom is 0.227 e. The number of ether oxygens (including phenoxy) is 1. The highest BCUT2D eigenvalue weighted by Gasteiger charge is 2.22. The van der Waals surface area contributed by atoms with E-state index >= 15 is 0 Å². The number of nitrogens with one attached hydrogen (secondary N) is 1. The highest BCUT2D eigenvalue weighted by atomic mass is 16.5. The van der Waals surface area contributed by atoms with Gasteiger partial charge in [-0.15, -0.1) is 0 Å². The Bertz CT molecular complexity index is 613. The van der Waals surface area contributed by atoms with E-state index in [1.807, 2.05) is 21.0 Å². The average Bonchev–Trinajstić information content (AvgIpc) is 2.76. The molecule has 0 bridgehead atoms. The first-order valence-electron chi connectivity index (χ1n) is 6.54. The van der Waals surface area contributed by atoms with E-state index in [1.54, 1.807) is 17.1 Å². The minimum absolute atomic E-state index is 0.146. The lowest BCUT2D eigenvalue weighted by Gasteiger charge is -2.19. The van der Waals surface area contributed by atoms with Gasteiger partial charge < -0.3 is 10.1 Å². The summed E-state index contributed by atoms with van der Waals surface area (Å²) in [4.78, 5) is 9.09. The first-order chi connectivity index (χ1) is 9.31. The molecule has 0 fully saturated rings. The molecule has 2 aromatic heterocycles. The predicted octanol–water partition coefficient (Wildman–Crippen LogP) is 2.65. The zero-order valence-electron chi connectivity index (χ0n) is 12.9. The Morgan fingerprint density at radius 2 is 1.95 bits per heavy atom. The Kier molecular flexibility index (Phi) is 3.65. The van der Waals surface area contributed by atoms with Crippen molar-refractivity contribution in [1.29, 1.82) is 0 Å². The second kappa shape index (κ2) is 5.11. The number of rotatable bonds is 3. The molecule has 0 aliphatic carbocycles. The molecule has 0 saturated carbocycles. The average molecular weight is 275 g/mol. The quantitative estimate of drug-likeness (QED) is 0.933. The summed E-state index contributed by atoms with van der Waals surface area (Å²) >= 11 is 0. The SMILES string of the molecule is CNc1nc(C(C)(C)C)nc(Oc2cnn(C)c2)c1C. The fraction of sp³-hybridized carbons (Fsp3) is 0.500. The van der Waals surface area contributed by atoms with Gasteiger partial charge in [-0.25, -0.2) is 4.98 Å². The summed E-state index contributed by atoms with van der Waals surface area (Å²) in [5.74, 6) is 2.74. The van der Waals surface area contributed by atoms with Crippen LogP contribution in [0.5, 0.6) is 11.6 Å². The van der Waals surface area contributed by atoms with Crippen molar-refractivity contribution in [2.45, 2.75) is 33.1 Å². The van der Waals surface area contributed by atoms with Crippen molar-refractivity contribution in [3.63, 3.8) is 0 Å². The molecule has 1 N–H and O–H groups in total. The van der Waals surface area contributed by atoms with Crippen LogP contribution >= 0.6 is 0 Å². The Labute approximate surface area is 119 Å². The topological polar surface area (TPSA) is 64.9 Å². The van der Waals surface area contributed by atoms with Gasteiger partial charge in [0.05, 0.1) is 18.0 Å². The highest BCUT2D eigenvalue weighted by Crippen LogP contribution is 2.30. The van der Waals surface area contributed by atoms with E-state index in [9.17, 15) is 0 Å². The maximum atomic E-state index is 5.83. The third-order valence-corrected chi connectivity index (χ3v) is 2.90. The van der Waals surface area contributed by atoms with E-state index in [0.717, 1.165) is 17.2 Å². The van der Waals surface area contributed by atoms with Gasteiger partial charge in [0, 0.05) is 19.5 Å². The Morgan fingerprint density at radius 1 is 1.25 bits per heavy atom. The molecule has 6 nitrogen and oxygen atoms in total. The number of aryl methyl sites for hydroxylation is 1. The van der Waals surface area contributed by atoms with Crippen LogP contribution in [-0.2, 0) is 12.5 Å². The van der Waals surface area contributed by atoms with Crippen LogP contribution in [0.1, 0.15) is 32.2 Å². The van der Waals surface area contributed by atoms with Crippen LogP contribution in [-0.4, -0.2) is 26.8 Å². The third-order valence-electron chi connectivity index (χ3n) is 2.90. The molecular formula is C14H21N5O. The van der Waals surface area contributed by atoms with Crippen molar-refractivity contribution >= 4 is 5.82 Å². The van der Waals surface area contributed by atoms with Gasteiger partial charge in [0.25, 0.3) is 0 Å². The lowest BCUT2D eigenvalue weighted by molar-refractivity contribution is 0.442. The van der Waals surface area contributed by atoms with Gasteiger partial charge in [-0.05, 0) is 6.92 Å². The summed E-state index contributed by atoms with van der Waals surface area (Å²) in [6.45, 7) is 8.16. The number of hydrogen-bond donors (Lipinski definition) is 1. The number of aromatic nitrogens is 4. The molecule has 0 amide bonds. The molecule has 0 saturated heterocycles. The lowest BCUT2D eigenvalue weighted by atomic mass is 9.95. The van der Waals surface area contributed by atoms with E-state index in [1.165, 1.54) is 0 Å². The fourth-order valence-corrected chi connectivity index (χ4v) is 1.74. The number of anilines is 1. The summed E-state index contributed by atoms with van der Waals surface area (Å²) < 4.78 is 7.52. The number of nitrogens with zero attached hydrogens (tertiary/aromatic N) is 4. The van der Waals surface area contributed by atoms with Crippen molar-refractivity contribution in [2.75, 3.05) is 12.4 Å². The Hall–Kier alpha value is -2.11. The first-order valence-corrected chi connectivity index (χ1v) is 6.54. The monoisotopic (exact) mass is 275 g/mol. The summed E-state index contributed by atoms with van der Waals surface area (Å²) in [7, 11) is 3.69. The molecule has 108 valence electrons. The zero-order chi connectivity index (χ0) is 14.9. The van der Waals surface area contributed by atoms with E-state index in [4.69, 9.17) is 4.74 Å². The van der Waals surface area contributed by atoms with Gasteiger partial charge in [0.1, 0.15) is 11.6 Å². The largest absolute Gasteiger partial charge is 0.435 e. The van der Waals surface area contributed by atoms with Crippen LogP contribution in [0.25, 0.3) is 0 Å². The Balaban J connectivity index is 2.45. The summed E-state index contributed by atoms with van der Waals surface area (Å²) in [6.07, 6.45) is 3.47. The molecule has 2 aromatic rings. The van der Waals surface area contributed by atoms with Gasteiger partial charge >= 0.3 is 0 Å². The fourth-order valence-electron chi connectivity index (χ4n) is 1.74. The van der Waals surface area contributed by atoms with Gasteiger partial charge in [-0.1, -0.05) is 20.8 Å². The van der Waals surface area contributed by atoms with Crippen LogP contribution < -0.4 is 10.1 Å². The maximum absolute atomic E-state index is 5.83. The second-order valence-electron chi connectivity index (χ2n) is 5.78. The molecule has 0 spiro atoms. The molecule has 0 atom stereocenters. The minimum Gasteiger partial charge on any atom is -0.435 e. The second-order valence-corrected chi connectivity index (χ2v) is 5.78. The molecule has 2 rings (SSSR count). The molecule has 0 unspecified atom stereocenters. The molecule has 0 radical (unpaired) electrons. The predicted molar refractivity (Wildman–Crippen MR) is 78.3 cm³/mol. The minimum atomic E-state index is -0.146. The molecule has 2 heterocycles. The van der Waals surface area contributed by atoms with Crippen molar-refractivity contribution in [1.82, 2.24) is 19.7 Å². The van der Waals surface area contributed by atoms with Gasteiger partial charge in [-0.2, -0.15) is 10.1 Å². The van der Waals surface area contributed by atoms with Crippen LogP contribution in [0.15, 0.2) is 12.4 Å². The van der Waals surface area contributed by atoms with Crippen molar-refractivity contribution in [2.24, 2.45) is 7.05 Å². The van der Waals surface area contributed by atoms with E-state index < -0.39 is 0 Å². The van der Waals surface area contributed by atoms with Crippen molar-refractivity contribution in [3.05, 3.63) is 23.8 Å². The molecular weight excluding hydrogens is 254 g/mol. The van der Waals surface area contributed by atoms with Gasteiger partial charge in [0.2, 0.25) is 5.88 Å². The zero-order valence-corrected chi connectivity index (χ0v) is 12.9. The van der Waals surface area contributed by atoms with Gasteiger partial charge in [-0.3, -0.25) is 4.68 Å². The standard InChI is InChI=1S/C14H21N5O/c1-9-11(15-5)17-13(14(2,3)4)18-12(9)20-10-7-16-19(6)8-10/h7-8H,1-6H3,(H,15,17,18). The molecule has 0 aliphatic heterocycles. The number of hydrogen-bond acceptors (Lipinski definition) is 5. The van der Waals surface area contributed by atoms with E-state index in [2.05, 4.69) is 41.2 Å². The van der Waals surface area contributed by atoms with Crippen molar-refractivity contribution < 1.29 is 4.74 Å². The van der Waals surface area contributed by atoms with E-state index in [-0.39, 0.29) is 5.41 Å². The summed E-state index contributed by atoms with van der Waals surface area (Å²) in [5.41, 5.74) is 0.733. The van der Waals surface area contributed by atoms with Crippen LogP contribution in [0.3, 0.4) is 0 Å². The van der Waals surface area contributed by atoms with Gasteiger partial charge in [0.15, 0.2) is 5.75 Å². The molecule has 0 aliphatic rings. The third kappa shape index (κ3) is 2.89. The molecule has 20 heavy (non-hydrogen) atoms. The van der Waals surface area contributed by atoms with Crippen LogP contribution in [0, 0.1) is 6.92 Å². The van der Waals surface area contributed by atoms with Crippen LogP contribution in [0.4, 0.5) is 5.82 Å². The van der Waals surface area contributed by atoms with Crippen molar-refractivity contribution in [3.8, 4) is 11.6 Å². The highest BCUT2D eigenvalue weighted by molar-refractivity contribution is 5.49. The van der Waals surface area contributed by atoms with E-state index in [0.29, 0.717) is 11.6 Å². The summed E-state index contributed by atoms with van der Waals surface area (Å²) in [5, 5.41) is 7.18. The molecule has 6 heteroatoms. The summed E-state index contributed by atoms with van der Waals surface area (Å²) in [6, 6.07) is 0.